The van der Waals surface area contributed by atoms with Crippen LogP contribution in [0, 0.1) is 12.3 Å². The molecule has 3 rings (SSSR count). The molecule has 8 N–H and O–H groups in total. The van der Waals surface area contributed by atoms with Gasteiger partial charge in [0.25, 0.3) is 0 Å². The fraction of sp³-hybridized carbons (Fsp3) is 0.462. The van der Waals surface area contributed by atoms with Crippen molar-refractivity contribution in [2.24, 2.45) is 0 Å². The standard InChI is InChI=1S/C13H17ClN5O13P3/c1-2-13(21)10(20)12(3-14,4-29-34(25,26)32-35(27,28)31-33(22,23)24)30-11(13)19-6-18-7-8(15)16-5-17-9(7)19/h1,5-6,10-11,20-21H,3-4H2,(H,25,26)(H,27,28)(H2,15,16,17)(H2,22,23,24)/t10-,11-,12-,13-/m1/s1. The number of anilines is 1. The molecule has 1 fully saturated rings. The summed E-state index contributed by atoms with van der Waals surface area (Å²) in [4.78, 5) is 47.9. The molecule has 2 aromatic heterocycles. The van der Waals surface area contributed by atoms with E-state index in [0.29, 0.717) is 0 Å². The highest BCUT2D eigenvalue weighted by molar-refractivity contribution is 7.66. The van der Waals surface area contributed by atoms with Crippen molar-refractivity contribution >= 4 is 52.1 Å². The first kappa shape index (κ1) is 28.1. The summed E-state index contributed by atoms with van der Waals surface area (Å²) in [5, 5.41) is 21.9. The zero-order valence-electron chi connectivity index (χ0n) is 16.9. The summed E-state index contributed by atoms with van der Waals surface area (Å²) in [7, 11) is -17.1. The SMILES string of the molecule is C#C[C@@]1(O)[C@H](O)[C@@](CCl)(COP(=O)(O)OP(=O)(O)OP(=O)(O)O)O[C@H]1n1cnc2c(N)ncnc21. The van der Waals surface area contributed by atoms with Crippen LogP contribution >= 0.6 is 35.1 Å². The van der Waals surface area contributed by atoms with Gasteiger partial charge in [0.05, 0.1) is 18.8 Å². The van der Waals surface area contributed by atoms with Crippen molar-refractivity contribution in [3.63, 3.8) is 0 Å². The number of nitrogens with two attached hydrogens (primary N) is 1. The molecule has 3 heterocycles. The summed E-state index contributed by atoms with van der Waals surface area (Å²) in [5.74, 6) is 1.17. The Balaban J connectivity index is 1.91. The number of rotatable bonds is 9. The molecule has 22 heteroatoms. The van der Waals surface area contributed by atoms with E-state index in [1.165, 1.54) is 0 Å². The van der Waals surface area contributed by atoms with Gasteiger partial charge in [0.1, 0.15) is 23.5 Å². The fourth-order valence-corrected chi connectivity index (χ4v) is 6.49. The molecular formula is C13H17ClN5O13P3. The highest BCUT2D eigenvalue weighted by Crippen LogP contribution is 2.66. The summed E-state index contributed by atoms with van der Waals surface area (Å²) >= 11 is 5.90. The lowest BCUT2D eigenvalue weighted by Gasteiger charge is -2.31. The van der Waals surface area contributed by atoms with Crippen molar-refractivity contribution < 1.29 is 61.4 Å². The van der Waals surface area contributed by atoms with Crippen LogP contribution in [0.5, 0.6) is 0 Å². The predicted molar refractivity (Wildman–Crippen MR) is 113 cm³/mol. The normalized spacial score (nSPS) is 30.6. The van der Waals surface area contributed by atoms with Gasteiger partial charge >= 0.3 is 23.5 Å². The summed E-state index contributed by atoms with van der Waals surface area (Å²) < 4.78 is 52.9. The summed E-state index contributed by atoms with van der Waals surface area (Å²) in [6.07, 6.45) is 3.80. The maximum Gasteiger partial charge on any atom is 0.490 e. The van der Waals surface area contributed by atoms with Gasteiger partial charge in [-0.2, -0.15) is 8.62 Å². The van der Waals surface area contributed by atoms with Crippen LogP contribution < -0.4 is 5.73 Å². The second-order valence-electron chi connectivity index (χ2n) is 6.99. The molecule has 0 bridgehead atoms. The zero-order chi connectivity index (χ0) is 26.4. The van der Waals surface area contributed by atoms with Gasteiger partial charge in [-0.3, -0.25) is 9.09 Å². The number of hydrogen-bond donors (Lipinski definition) is 7. The van der Waals surface area contributed by atoms with E-state index in [4.69, 9.17) is 38.3 Å². The molecular weight excluding hydrogens is 563 g/mol. The Bertz CT molecular complexity index is 1310. The van der Waals surface area contributed by atoms with Crippen LogP contribution in [0.25, 0.3) is 11.2 Å². The van der Waals surface area contributed by atoms with E-state index >= 15 is 0 Å². The van der Waals surface area contributed by atoms with Gasteiger partial charge < -0.3 is 40.3 Å². The molecule has 0 spiro atoms. The number of nitrogens with zero attached hydrogens (tertiary/aromatic N) is 4. The minimum Gasteiger partial charge on any atom is -0.386 e. The summed E-state index contributed by atoms with van der Waals surface area (Å²) in [5.41, 5.74) is 0.999. The number of ether oxygens (including phenoxy) is 1. The van der Waals surface area contributed by atoms with E-state index in [0.717, 1.165) is 17.2 Å². The number of hydrogen-bond acceptors (Lipinski definition) is 13. The number of fused-ring (bicyclic) bond motifs is 1. The molecule has 194 valence electrons. The molecule has 6 atom stereocenters. The number of imidazole rings is 1. The Morgan fingerprint density at radius 2 is 1.86 bits per heavy atom. The second-order valence-corrected chi connectivity index (χ2v) is 11.7. The third-order valence-electron chi connectivity index (χ3n) is 4.62. The molecule has 0 amide bonds. The first-order valence-electron chi connectivity index (χ1n) is 8.82. The zero-order valence-corrected chi connectivity index (χ0v) is 20.4. The van der Waals surface area contributed by atoms with Crippen molar-refractivity contribution in [2.45, 2.75) is 23.5 Å². The average molecular weight is 580 g/mol. The van der Waals surface area contributed by atoms with E-state index in [2.05, 4.69) is 28.1 Å². The van der Waals surface area contributed by atoms with Crippen LogP contribution in [-0.4, -0.2) is 79.1 Å². The van der Waals surface area contributed by atoms with E-state index in [-0.39, 0.29) is 17.0 Å². The monoisotopic (exact) mass is 579 g/mol. The number of aliphatic hydroxyl groups excluding tert-OH is 1. The van der Waals surface area contributed by atoms with Crippen LogP contribution in [0.1, 0.15) is 6.23 Å². The molecule has 2 aromatic rings. The number of aromatic nitrogens is 4. The second kappa shape index (κ2) is 9.42. The van der Waals surface area contributed by atoms with E-state index < -0.39 is 59.5 Å². The van der Waals surface area contributed by atoms with Gasteiger partial charge in [-0.15, -0.1) is 18.0 Å². The molecule has 0 radical (unpaired) electrons. The van der Waals surface area contributed by atoms with Crippen molar-refractivity contribution in [3.05, 3.63) is 12.7 Å². The lowest BCUT2D eigenvalue weighted by atomic mass is 9.88. The minimum atomic E-state index is -5.82. The molecule has 2 unspecified atom stereocenters. The van der Waals surface area contributed by atoms with Gasteiger partial charge in [-0.25, -0.2) is 28.6 Å². The number of alkyl halides is 1. The topological polar surface area (TPSA) is 279 Å². The molecule has 18 nitrogen and oxygen atoms in total. The Kier molecular flexibility index (Phi) is 7.55. The predicted octanol–water partition coefficient (Wildman–Crippen LogP) is -1.02. The van der Waals surface area contributed by atoms with Crippen LogP contribution in [0.2, 0.25) is 0 Å². The average Bonchev–Trinajstić information content (AvgIpc) is 3.24. The van der Waals surface area contributed by atoms with Crippen LogP contribution in [0.15, 0.2) is 12.7 Å². The Morgan fingerprint density at radius 1 is 1.20 bits per heavy atom. The van der Waals surface area contributed by atoms with Gasteiger partial charge in [-0.05, 0) is 0 Å². The molecule has 35 heavy (non-hydrogen) atoms. The Labute approximate surface area is 200 Å². The summed E-state index contributed by atoms with van der Waals surface area (Å²) in [6, 6.07) is 0. The quantitative estimate of drug-likeness (QED) is 0.106. The maximum atomic E-state index is 12.1. The molecule has 0 aliphatic carbocycles. The highest BCUT2D eigenvalue weighted by Gasteiger charge is 2.64. The highest BCUT2D eigenvalue weighted by atomic mass is 35.5. The third-order valence-corrected chi connectivity index (χ3v) is 8.86. The number of terminal acetylenes is 1. The summed E-state index contributed by atoms with van der Waals surface area (Å²) in [6.45, 7) is -1.20. The smallest absolute Gasteiger partial charge is 0.386 e. The molecule has 0 saturated carbocycles. The molecule has 0 aromatic carbocycles. The minimum absolute atomic E-state index is 0.0154. The van der Waals surface area contributed by atoms with Crippen LogP contribution in [0.3, 0.4) is 0 Å². The number of aliphatic hydroxyl groups is 2. The molecule has 1 saturated heterocycles. The molecule has 1 aliphatic rings. The van der Waals surface area contributed by atoms with E-state index in [9.17, 15) is 33.7 Å². The lowest BCUT2D eigenvalue weighted by molar-refractivity contribution is -0.113. The first-order chi connectivity index (χ1) is 16.0. The number of halogens is 1. The van der Waals surface area contributed by atoms with Crippen molar-refractivity contribution in [1.29, 1.82) is 0 Å². The van der Waals surface area contributed by atoms with Crippen LogP contribution in [-0.2, 0) is 31.6 Å². The fourth-order valence-electron chi connectivity index (χ4n) is 3.12. The van der Waals surface area contributed by atoms with Crippen LogP contribution in [0.4, 0.5) is 5.82 Å². The Morgan fingerprint density at radius 3 is 2.43 bits per heavy atom. The van der Waals surface area contributed by atoms with Gasteiger partial charge in [0.2, 0.25) is 0 Å². The van der Waals surface area contributed by atoms with Crippen molar-refractivity contribution in [3.8, 4) is 12.3 Å². The maximum absolute atomic E-state index is 12.1. The van der Waals surface area contributed by atoms with E-state index in [1.54, 1.807) is 0 Å². The van der Waals surface area contributed by atoms with Crippen molar-refractivity contribution in [2.75, 3.05) is 18.2 Å². The van der Waals surface area contributed by atoms with Gasteiger partial charge in [0, 0.05) is 0 Å². The Hall–Kier alpha value is -1.51. The van der Waals surface area contributed by atoms with Gasteiger partial charge in [0.15, 0.2) is 23.3 Å². The number of nitrogen functional groups attached to an aromatic ring is 1. The number of phosphoric acid groups is 3. The van der Waals surface area contributed by atoms with E-state index in [1.807, 2.05) is 5.92 Å². The van der Waals surface area contributed by atoms with Gasteiger partial charge in [-0.1, -0.05) is 5.92 Å². The first-order valence-corrected chi connectivity index (χ1v) is 13.9. The molecule has 1 aliphatic heterocycles. The lowest BCUT2D eigenvalue weighted by Crippen LogP contribution is -2.53. The number of phosphoric ester groups is 1. The largest absolute Gasteiger partial charge is 0.490 e. The van der Waals surface area contributed by atoms with Crippen molar-refractivity contribution in [1.82, 2.24) is 19.5 Å². The third kappa shape index (κ3) is 5.59.